The number of para-hydroxylation sites is 1. The maximum atomic E-state index is 11.2. The van der Waals surface area contributed by atoms with Gasteiger partial charge in [0.05, 0.1) is 33.8 Å². The van der Waals surface area contributed by atoms with Gasteiger partial charge in [-0.3, -0.25) is 39.5 Å². The number of aromatic nitrogens is 22. The van der Waals surface area contributed by atoms with Gasteiger partial charge >= 0.3 is 0 Å². The van der Waals surface area contributed by atoms with E-state index >= 15 is 0 Å². The van der Waals surface area contributed by atoms with Gasteiger partial charge in [-0.1, -0.05) is 290 Å². The fourth-order valence-corrected chi connectivity index (χ4v) is 11.2. The van der Waals surface area contributed by atoms with E-state index < -0.39 is 0 Å². The molecule has 672 valence electrons. The predicted octanol–water partition coefficient (Wildman–Crippen LogP) is 23.0. The van der Waals surface area contributed by atoms with E-state index in [1.54, 1.807) is 82.7 Å². The molecular weight excluding hydrogens is 1550 g/mol. The lowest BCUT2D eigenvalue weighted by molar-refractivity contribution is -0.617. The van der Waals surface area contributed by atoms with E-state index in [1.165, 1.54) is 28.0 Å². The normalized spacial score (nSPS) is 11.8. The Balaban J connectivity index is 0.000000455. The monoisotopic (exact) mass is 1700 g/mol. The molecule has 23 nitrogen and oxygen atoms in total. The van der Waals surface area contributed by atoms with E-state index in [0.717, 1.165) is 67.4 Å². The van der Waals surface area contributed by atoms with Crippen LogP contribution in [0.2, 0.25) is 0 Å². The van der Waals surface area contributed by atoms with Crippen LogP contribution in [-0.4, -0.2) is 105 Å². The number of aryl methyl sites for hydroxylation is 4. The maximum Gasteiger partial charge on any atom is 0.198 e. The van der Waals surface area contributed by atoms with Crippen molar-refractivity contribution in [3.63, 3.8) is 0 Å². The molecule has 123 heavy (non-hydrogen) atoms. The molecule has 0 aliphatic carbocycles. The summed E-state index contributed by atoms with van der Waals surface area (Å²) in [5.41, 5.74) is 13.6. The van der Waals surface area contributed by atoms with Gasteiger partial charge < -0.3 is 9.77 Å². The van der Waals surface area contributed by atoms with Crippen LogP contribution >= 0.6 is 11.3 Å². The number of hydrogen-bond donors (Lipinski definition) is 2. The van der Waals surface area contributed by atoms with E-state index in [9.17, 15) is 5.21 Å². The van der Waals surface area contributed by atoms with E-state index in [1.807, 2.05) is 152 Å². The number of benzene rings is 1. The smallest absolute Gasteiger partial charge is 0.198 e. The Morgan fingerprint density at radius 3 is 1.28 bits per heavy atom. The number of fused-ring (bicyclic) bond motifs is 1. The molecule has 0 spiro atoms. The summed E-state index contributed by atoms with van der Waals surface area (Å²) >= 11 is 1.72. The minimum Gasteiger partial charge on any atom is -0.618 e. The predicted molar refractivity (Wildman–Crippen MR) is 511 cm³/mol. The van der Waals surface area contributed by atoms with Gasteiger partial charge in [-0.2, -0.15) is 14.9 Å². The standard InChI is InChI=1S/C11H14N2.C10H15N.C9H13NO.C9H13N.C8H14N2.3C8H12N2.2C7H13N3.C7H12N2.C7H11NS/c1-11(2,3)10-8-6-4-5-7-9(8)12-13-10;1-8-6-5-7-9(11-8)10(2,3)4;1-9(2,3)8-6-4-5-7-10(8)11;1-9(2,3)8-6-4-5-7-10-8;1-8(2,3)7-9-5-6-10(7)4;1-8(2,3)7-6-9-4-5-10-7;1-8(2,3)7-4-5-9-6-10-7;1-8(2,3)7-9-5-4-6-10-7;1-7(2,3)6-5-10(4)9-8-6;1-7(2,3)6-5-8-9-10(6)4;1-7(2,3)6-4-5-8-9-6;1-7(2,3)6-8-4-5-9-6/h4-7H,1-3H3,(H,12,13);5-7H,1-4H3;4-7H,1-3H3;4-7H,1-3H3;5-6H,1-4H3;3*4-6H,1-3H3;2*5H,1-4H3;4-5H,1-3H3,(H,8,9);4-5H,1-3H3. The minimum atomic E-state index is -0.0665. The zero-order chi connectivity index (χ0) is 94.0. The number of nitrogens with zero attached hydrogens (tertiary/aromatic N) is 20. The van der Waals surface area contributed by atoms with Gasteiger partial charge in [0.1, 0.15) is 18.0 Å². The molecule has 12 aromatic heterocycles. The molecule has 13 aromatic rings. The van der Waals surface area contributed by atoms with Crippen molar-refractivity contribution in [2.45, 2.75) is 321 Å². The van der Waals surface area contributed by atoms with Crippen molar-refractivity contribution in [1.82, 2.24) is 105 Å². The van der Waals surface area contributed by atoms with E-state index in [0.29, 0.717) is 0 Å². The number of rotatable bonds is 0. The number of nitrogens with one attached hydrogen (secondary N) is 2. The summed E-state index contributed by atoms with van der Waals surface area (Å²) < 4.78 is 6.50. The highest BCUT2D eigenvalue weighted by molar-refractivity contribution is 7.09. The molecule has 0 radical (unpaired) electrons. The van der Waals surface area contributed by atoms with Crippen LogP contribution in [0.1, 0.15) is 323 Å². The van der Waals surface area contributed by atoms with E-state index in [2.05, 4.69) is 348 Å². The molecule has 0 atom stereocenters. The Kier molecular flexibility index (Phi) is 41.8. The summed E-state index contributed by atoms with van der Waals surface area (Å²) in [4.78, 5) is 41.6. The number of imidazole rings is 1. The highest BCUT2D eigenvalue weighted by atomic mass is 32.1. The topological polar surface area (TPSA) is 280 Å². The van der Waals surface area contributed by atoms with Crippen LogP contribution in [0.4, 0.5) is 0 Å². The van der Waals surface area contributed by atoms with Crippen LogP contribution in [0, 0.1) is 12.1 Å². The van der Waals surface area contributed by atoms with Crippen molar-refractivity contribution in [3.8, 4) is 0 Å². The second-order valence-corrected chi connectivity index (χ2v) is 43.2. The molecule has 0 saturated heterocycles. The maximum absolute atomic E-state index is 11.2. The molecule has 0 bridgehead atoms. The molecule has 0 unspecified atom stereocenters. The molecule has 13 rings (SSSR count). The number of aromatic amines is 2. The van der Waals surface area contributed by atoms with Gasteiger partial charge in [0.15, 0.2) is 11.9 Å². The third-order valence-corrected chi connectivity index (χ3v) is 18.7. The van der Waals surface area contributed by atoms with Crippen LogP contribution in [-0.2, 0) is 86.1 Å². The minimum absolute atomic E-state index is 0.0665. The molecule has 0 aliphatic rings. The first-order valence-electron chi connectivity index (χ1n) is 42.1. The average molecular weight is 1700 g/mol. The third kappa shape index (κ3) is 42.4. The number of pyridine rings is 3. The Morgan fingerprint density at radius 2 is 0.959 bits per heavy atom. The molecule has 24 heteroatoms. The molecule has 0 saturated carbocycles. The fourth-order valence-electron chi connectivity index (χ4n) is 10.4. The Morgan fingerprint density at radius 1 is 0.398 bits per heavy atom. The summed E-state index contributed by atoms with van der Waals surface area (Å²) in [6.45, 7) is 79.0. The summed E-state index contributed by atoms with van der Waals surface area (Å²) in [5.74, 6) is 2.03. The average Bonchev–Trinajstić information content (AvgIpc) is 1.67. The first-order chi connectivity index (χ1) is 56.3. The summed E-state index contributed by atoms with van der Waals surface area (Å²) in [6, 6.07) is 31.6. The Hall–Kier alpha value is -10.5. The molecule has 12 heterocycles. The summed E-state index contributed by atoms with van der Waals surface area (Å²) in [7, 11) is 5.81. The fraction of sp³-hybridized carbons (Fsp3) is 0.525. The molecule has 0 amide bonds. The lowest BCUT2D eigenvalue weighted by Gasteiger charge is -2.17. The van der Waals surface area contributed by atoms with Crippen molar-refractivity contribution in [3.05, 3.63) is 274 Å². The second-order valence-electron chi connectivity index (χ2n) is 42.4. The van der Waals surface area contributed by atoms with Gasteiger partial charge in [0.25, 0.3) is 0 Å². The first kappa shape index (κ1) is 109. The van der Waals surface area contributed by atoms with Gasteiger partial charge in [-0.15, -0.1) is 21.5 Å². The Labute approximate surface area is 744 Å². The van der Waals surface area contributed by atoms with Crippen LogP contribution in [0.15, 0.2) is 196 Å². The number of hydrogen-bond acceptors (Lipinski definition) is 18. The number of H-pyrrole nitrogens is 2. The van der Waals surface area contributed by atoms with Crippen molar-refractivity contribution >= 4 is 22.2 Å². The van der Waals surface area contributed by atoms with Gasteiger partial charge in [0.2, 0.25) is 0 Å². The molecule has 2 N–H and O–H groups in total. The summed E-state index contributed by atoms with van der Waals surface area (Å²) in [6.07, 6.45) is 26.7. The molecule has 0 fully saturated rings. The second kappa shape index (κ2) is 47.4. The van der Waals surface area contributed by atoms with Crippen LogP contribution in [0.3, 0.4) is 0 Å². The lowest BCUT2D eigenvalue weighted by Crippen LogP contribution is -2.37. The lowest BCUT2D eigenvalue weighted by atomic mass is 9.90. The number of thiazole rings is 1. The summed E-state index contributed by atoms with van der Waals surface area (Å²) in [5, 5.41) is 45.3. The van der Waals surface area contributed by atoms with Crippen molar-refractivity contribution < 1.29 is 4.73 Å². The SMILES string of the molecule is CC(C)(C)c1[nH]nc2ccccc12.CC(C)(C)c1cccc[n+]1[O-].CC(C)(C)c1ccccn1.CC(C)(C)c1ccn[nH]1.CC(C)(C)c1ccncn1.CC(C)(C)c1cnccn1.CC(C)(C)c1ncccn1.CC(C)(C)c1nccs1.Cc1cccc(C(C)(C)C)n1.Cn1cc(C(C)(C)C)nn1.Cn1ccnc1C(C)(C)C.Cn1nncc1C(C)(C)C. The zero-order valence-electron chi connectivity index (χ0n) is 82.7. The van der Waals surface area contributed by atoms with Crippen LogP contribution in [0.25, 0.3) is 10.9 Å². The van der Waals surface area contributed by atoms with Crippen LogP contribution < -0.4 is 4.73 Å². The van der Waals surface area contributed by atoms with Gasteiger partial charge in [-0.25, -0.2) is 29.9 Å². The third-order valence-electron chi connectivity index (χ3n) is 17.5. The van der Waals surface area contributed by atoms with Crippen molar-refractivity contribution in [2.75, 3.05) is 0 Å². The first-order valence-corrected chi connectivity index (χ1v) is 43.0. The Bertz CT molecular complexity index is 4670. The highest BCUT2D eigenvalue weighted by Gasteiger charge is 2.25. The van der Waals surface area contributed by atoms with Crippen molar-refractivity contribution in [2.24, 2.45) is 21.1 Å². The van der Waals surface area contributed by atoms with Gasteiger partial charge in [0, 0.05) is 218 Å². The molecular formula is C99H154N22OS. The quantitative estimate of drug-likeness (QED) is 0.105. The van der Waals surface area contributed by atoms with E-state index in [-0.39, 0.29) is 65.0 Å². The molecule has 0 aliphatic heterocycles. The van der Waals surface area contributed by atoms with E-state index in [4.69, 9.17) is 0 Å². The zero-order valence-corrected chi connectivity index (χ0v) is 83.6. The largest absolute Gasteiger partial charge is 0.618 e. The molecule has 1 aromatic carbocycles. The van der Waals surface area contributed by atoms with Gasteiger partial charge in [-0.05, 0) is 61.5 Å². The van der Waals surface area contributed by atoms with Crippen molar-refractivity contribution in [1.29, 1.82) is 0 Å². The highest BCUT2D eigenvalue weighted by Crippen LogP contribution is 2.29. The van der Waals surface area contributed by atoms with Crippen LogP contribution in [0.5, 0.6) is 0 Å².